The third-order valence-corrected chi connectivity index (χ3v) is 5.09. The molecule has 1 N–H and O–H groups in total. The van der Waals surface area contributed by atoms with E-state index in [1.54, 1.807) is 0 Å². The normalized spacial score (nSPS) is 28.5. The Morgan fingerprint density at radius 1 is 1.10 bits per heavy atom. The van der Waals surface area contributed by atoms with Crippen LogP contribution in [0, 0.1) is 12.8 Å². The van der Waals surface area contributed by atoms with Crippen molar-refractivity contribution < 1.29 is 0 Å². The van der Waals surface area contributed by atoms with Crippen molar-refractivity contribution >= 4 is 5.95 Å². The molecule has 20 heavy (non-hydrogen) atoms. The van der Waals surface area contributed by atoms with E-state index in [4.69, 9.17) is 4.98 Å². The van der Waals surface area contributed by atoms with Gasteiger partial charge in [-0.1, -0.05) is 39.0 Å². The van der Waals surface area contributed by atoms with Gasteiger partial charge in [-0.25, -0.2) is 4.98 Å². The molecule has 0 saturated heterocycles. The molecular formula is C17H29N3. The fourth-order valence-corrected chi connectivity index (χ4v) is 4.01. The van der Waals surface area contributed by atoms with Crippen LogP contribution in [-0.4, -0.2) is 15.6 Å². The first-order valence-electron chi connectivity index (χ1n) is 8.54. The van der Waals surface area contributed by atoms with Crippen LogP contribution >= 0.6 is 0 Å². The average molecular weight is 275 g/mol. The second-order valence-electron chi connectivity index (χ2n) is 7.02. The quantitative estimate of drug-likeness (QED) is 0.867. The molecule has 2 aliphatic carbocycles. The lowest BCUT2D eigenvalue weighted by Gasteiger charge is -2.30. The van der Waals surface area contributed by atoms with E-state index in [9.17, 15) is 0 Å². The van der Waals surface area contributed by atoms with Crippen molar-refractivity contribution in [3.63, 3.8) is 0 Å². The molecule has 3 heteroatoms. The first-order valence-corrected chi connectivity index (χ1v) is 8.54. The van der Waals surface area contributed by atoms with E-state index in [2.05, 4.69) is 29.9 Å². The van der Waals surface area contributed by atoms with Crippen LogP contribution in [0.4, 0.5) is 5.95 Å². The summed E-state index contributed by atoms with van der Waals surface area (Å²) in [5.41, 5.74) is 1.15. The van der Waals surface area contributed by atoms with E-state index >= 15 is 0 Å². The van der Waals surface area contributed by atoms with Crippen LogP contribution in [0.1, 0.15) is 76.4 Å². The molecule has 0 aromatic carbocycles. The summed E-state index contributed by atoms with van der Waals surface area (Å²) in [6, 6.07) is 1.30. The Kier molecular flexibility index (Phi) is 4.32. The highest BCUT2D eigenvalue weighted by atomic mass is 15.2. The molecule has 1 heterocycles. The largest absolute Gasteiger partial charge is 0.353 e. The van der Waals surface area contributed by atoms with Gasteiger partial charge in [0.1, 0.15) is 0 Å². The van der Waals surface area contributed by atoms with Crippen molar-refractivity contribution in [3.05, 3.63) is 11.9 Å². The smallest absolute Gasteiger partial charge is 0.203 e. The molecule has 0 amide bonds. The zero-order chi connectivity index (χ0) is 13.9. The lowest BCUT2D eigenvalue weighted by molar-refractivity contribution is 0.343. The number of imidazole rings is 1. The third-order valence-electron chi connectivity index (χ3n) is 5.09. The molecule has 2 aliphatic rings. The zero-order valence-corrected chi connectivity index (χ0v) is 13.1. The standard InChI is InChI=1S/C17H29N3/c1-13-7-6-8-15(11-13)19-17-18-14(2)12-20(17)16-9-4-3-5-10-16/h12-13,15-16H,3-11H2,1-2H3,(H,18,19). The summed E-state index contributed by atoms with van der Waals surface area (Å²) in [6.07, 6.45) is 14.4. The van der Waals surface area contributed by atoms with Gasteiger partial charge in [0, 0.05) is 18.3 Å². The summed E-state index contributed by atoms with van der Waals surface area (Å²) < 4.78 is 2.44. The number of nitrogens with one attached hydrogen (secondary N) is 1. The van der Waals surface area contributed by atoms with Crippen LogP contribution in [0.25, 0.3) is 0 Å². The lowest BCUT2D eigenvalue weighted by Crippen LogP contribution is -2.28. The Hall–Kier alpha value is -0.990. The number of hydrogen-bond acceptors (Lipinski definition) is 2. The summed E-state index contributed by atoms with van der Waals surface area (Å²) in [5, 5.41) is 3.75. The van der Waals surface area contributed by atoms with Gasteiger partial charge in [-0.2, -0.15) is 0 Å². The predicted octanol–water partition coefficient (Wildman–Crippen LogP) is 4.69. The Labute approximate surface area is 123 Å². The van der Waals surface area contributed by atoms with Gasteiger partial charge >= 0.3 is 0 Å². The first-order chi connectivity index (χ1) is 9.72. The number of nitrogens with zero attached hydrogens (tertiary/aromatic N) is 2. The monoisotopic (exact) mass is 275 g/mol. The average Bonchev–Trinajstić information content (AvgIpc) is 2.80. The van der Waals surface area contributed by atoms with E-state index in [-0.39, 0.29) is 0 Å². The molecule has 0 aliphatic heterocycles. The fourth-order valence-electron chi connectivity index (χ4n) is 4.01. The van der Waals surface area contributed by atoms with Crippen molar-refractivity contribution in [2.75, 3.05) is 5.32 Å². The topological polar surface area (TPSA) is 29.9 Å². The summed E-state index contributed by atoms with van der Waals surface area (Å²) >= 11 is 0. The van der Waals surface area contributed by atoms with Gasteiger partial charge in [-0.3, -0.25) is 0 Å². The van der Waals surface area contributed by atoms with Gasteiger partial charge in [-0.05, 0) is 38.5 Å². The predicted molar refractivity (Wildman–Crippen MR) is 84.1 cm³/mol. The Morgan fingerprint density at radius 2 is 1.90 bits per heavy atom. The highest BCUT2D eigenvalue weighted by Gasteiger charge is 2.23. The molecule has 1 aromatic heterocycles. The molecule has 2 unspecified atom stereocenters. The van der Waals surface area contributed by atoms with Gasteiger partial charge in [0.05, 0.1) is 5.69 Å². The number of aryl methyl sites for hydroxylation is 1. The highest BCUT2D eigenvalue weighted by molar-refractivity contribution is 5.31. The van der Waals surface area contributed by atoms with E-state index in [1.807, 2.05) is 0 Å². The third kappa shape index (κ3) is 3.18. The van der Waals surface area contributed by atoms with E-state index in [0.717, 1.165) is 17.6 Å². The minimum absolute atomic E-state index is 0.628. The van der Waals surface area contributed by atoms with Crippen molar-refractivity contribution in [2.24, 2.45) is 5.92 Å². The Morgan fingerprint density at radius 3 is 2.65 bits per heavy atom. The molecule has 3 rings (SSSR count). The molecule has 0 spiro atoms. The maximum Gasteiger partial charge on any atom is 0.203 e. The molecule has 2 fully saturated rings. The number of rotatable bonds is 3. The fraction of sp³-hybridized carbons (Fsp3) is 0.824. The zero-order valence-electron chi connectivity index (χ0n) is 13.1. The number of anilines is 1. The van der Waals surface area contributed by atoms with Crippen molar-refractivity contribution in [3.8, 4) is 0 Å². The van der Waals surface area contributed by atoms with Crippen LogP contribution in [-0.2, 0) is 0 Å². The second kappa shape index (κ2) is 6.19. The maximum absolute atomic E-state index is 4.76. The van der Waals surface area contributed by atoms with Crippen LogP contribution in [0.15, 0.2) is 6.20 Å². The van der Waals surface area contributed by atoms with Crippen LogP contribution in [0.5, 0.6) is 0 Å². The summed E-state index contributed by atoms with van der Waals surface area (Å²) in [7, 11) is 0. The van der Waals surface area contributed by atoms with E-state index < -0.39 is 0 Å². The van der Waals surface area contributed by atoms with Crippen molar-refractivity contribution in [2.45, 2.75) is 83.7 Å². The van der Waals surface area contributed by atoms with Gasteiger partial charge in [0.2, 0.25) is 5.95 Å². The van der Waals surface area contributed by atoms with Crippen LogP contribution in [0.3, 0.4) is 0 Å². The number of hydrogen-bond donors (Lipinski definition) is 1. The van der Waals surface area contributed by atoms with Gasteiger partial charge in [-0.15, -0.1) is 0 Å². The minimum Gasteiger partial charge on any atom is -0.353 e. The molecule has 3 nitrogen and oxygen atoms in total. The summed E-state index contributed by atoms with van der Waals surface area (Å²) in [6.45, 7) is 4.50. The second-order valence-corrected chi connectivity index (χ2v) is 7.02. The Balaban J connectivity index is 1.71. The SMILES string of the molecule is Cc1cn(C2CCCCC2)c(NC2CCCC(C)C2)n1. The maximum atomic E-state index is 4.76. The van der Waals surface area contributed by atoms with E-state index in [0.29, 0.717) is 12.1 Å². The molecule has 0 bridgehead atoms. The van der Waals surface area contributed by atoms with Crippen molar-refractivity contribution in [1.29, 1.82) is 0 Å². The van der Waals surface area contributed by atoms with Gasteiger partial charge in [0.25, 0.3) is 0 Å². The molecule has 112 valence electrons. The lowest BCUT2D eigenvalue weighted by atomic mass is 9.87. The molecular weight excluding hydrogens is 246 g/mol. The Bertz CT molecular complexity index is 431. The minimum atomic E-state index is 0.628. The molecule has 2 saturated carbocycles. The highest BCUT2D eigenvalue weighted by Crippen LogP contribution is 2.32. The first kappa shape index (κ1) is 14.0. The summed E-state index contributed by atoms with van der Waals surface area (Å²) in [5.74, 6) is 1.99. The molecule has 2 atom stereocenters. The summed E-state index contributed by atoms with van der Waals surface area (Å²) in [4.78, 5) is 4.76. The van der Waals surface area contributed by atoms with Gasteiger partial charge < -0.3 is 9.88 Å². The molecule has 1 aromatic rings. The number of aromatic nitrogens is 2. The van der Waals surface area contributed by atoms with Crippen molar-refractivity contribution in [1.82, 2.24) is 9.55 Å². The van der Waals surface area contributed by atoms with E-state index in [1.165, 1.54) is 57.8 Å². The van der Waals surface area contributed by atoms with Crippen LogP contribution < -0.4 is 5.32 Å². The molecule has 0 radical (unpaired) electrons. The van der Waals surface area contributed by atoms with Crippen LogP contribution in [0.2, 0.25) is 0 Å². The van der Waals surface area contributed by atoms with Gasteiger partial charge in [0.15, 0.2) is 0 Å².